The van der Waals surface area contributed by atoms with Gasteiger partial charge in [0.25, 0.3) is 5.89 Å². The monoisotopic (exact) mass is 329 g/mol. The predicted octanol–water partition coefficient (Wildman–Crippen LogP) is 6.05. The minimum absolute atomic E-state index is 0.265. The average molecular weight is 329 g/mol. The number of halogens is 1. The van der Waals surface area contributed by atoms with Gasteiger partial charge in [0, 0.05) is 10.9 Å². The molecule has 25 heavy (non-hydrogen) atoms. The van der Waals surface area contributed by atoms with Gasteiger partial charge in [0.1, 0.15) is 16.9 Å². The maximum atomic E-state index is 14.0. The molecule has 2 aromatic heterocycles. The molecular weight excluding hydrogens is 317 g/mol. The molecule has 3 aromatic carbocycles. The molecule has 0 amide bonds. The summed E-state index contributed by atoms with van der Waals surface area (Å²) < 4.78 is 25.7. The van der Waals surface area contributed by atoms with E-state index < -0.39 is 0 Å². The summed E-state index contributed by atoms with van der Waals surface area (Å²) in [5.41, 5.74) is 3.36. The Kier molecular flexibility index (Phi) is 2.97. The van der Waals surface area contributed by atoms with E-state index in [1.54, 1.807) is 18.2 Å². The highest BCUT2D eigenvalue weighted by atomic mass is 19.1. The quantitative estimate of drug-likeness (QED) is 0.396. The van der Waals surface area contributed by atoms with Gasteiger partial charge in [0.05, 0.1) is 0 Å². The van der Waals surface area contributed by atoms with Gasteiger partial charge in [0.2, 0.25) is 0 Å². The number of furan rings is 1. The van der Waals surface area contributed by atoms with Gasteiger partial charge in [-0.1, -0.05) is 42.5 Å². The second-order valence-corrected chi connectivity index (χ2v) is 5.83. The fraction of sp³-hybridized carbons (Fsp3) is 0. The van der Waals surface area contributed by atoms with Crippen molar-refractivity contribution in [3.63, 3.8) is 0 Å². The summed E-state index contributed by atoms with van der Waals surface area (Å²) in [4.78, 5) is 4.48. The summed E-state index contributed by atoms with van der Waals surface area (Å²) in [5.74, 6) is 0.723. The second-order valence-electron chi connectivity index (χ2n) is 5.83. The molecule has 0 aliphatic rings. The number of hydrogen-bond acceptors (Lipinski definition) is 3. The Bertz CT molecular complexity index is 1190. The van der Waals surface area contributed by atoms with Crippen molar-refractivity contribution < 1.29 is 13.2 Å². The van der Waals surface area contributed by atoms with E-state index in [4.69, 9.17) is 8.83 Å². The number of rotatable bonds is 2. The molecule has 0 bridgehead atoms. The number of nitrogens with zero attached hydrogens (tertiary/aromatic N) is 1. The van der Waals surface area contributed by atoms with Crippen LogP contribution in [0.5, 0.6) is 0 Å². The first-order valence-electron chi connectivity index (χ1n) is 7.92. The van der Waals surface area contributed by atoms with E-state index >= 15 is 0 Å². The summed E-state index contributed by atoms with van der Waals surface area (Å²) in [5, 5.41) is 0.992. The molecule has 0 aliphatic heterocycles. The van der Waals surface area contributed by atoms with E-state index in [1.807, 2.05) is 48.5 Å². The lowest BCUT2D eigenvalue weighted by molar-refractivity contribution is 0.559. The molecule has 0 saturated heterocycles. The molecule has 0 spiro atoms. The van der Waals surface area contributed by atoms with Crippen LogP contribution in [0, 0.1) is 5.82 Å². The van der Waals surface area contributed by atoms with E-state index in [2.05, 4.69) is 4.98 Å². The lowest BCUT2D eigenvalue weighted by Crippen LogP contribution is -1.82. The molecule has 5 aromatic rings. The number of benzene rings is 3. The van der Waals surface area contributed by atoms with Crippen LogP contribution in [-0.2, 0) is 0 Å². The molecule has 2 heterocycles. The summed E-state index contributed by atoms with van der Waals surface area (Å²) in [6.45, 7) is 0. The highest BCUT2D eigenvalue weighted by Crippen LogP contribution is 2.32. The number of aromatic nitrogens is 1. The zero-order chi connectivity index (χ0) is 16.8. The van der Waals surface area contributed by atoms with Gasteiger partial charge < -0.3 is 8.83 Å². The van der Waals surface area contributed by atoms with Gasteiger partial charge in [-0.25, -0.2) is 9.37 Å². The number of oxazole rings is 1. The first kappa shape index (κ1) is 14.0. The van der Waals surface area contributed by atoms with Crippen LogP contribution in [0.1, 0.15) is 0 Å². The van der Waals surface area contributed by atoms with Gasteiger partial charge in [-0.2, -0.15) is 0 Å². The van der Waals surface area contributed by atoms with Crippen molar-refractivity contribution in [1.82, 2.24) is 4.98 Å². The third-order valence-corrected chi connectivity index (χ3v) is 4.21. The fourth-order valence-corrected chi connectivity index (χ4v) is 2.98. The van der Waals surface area contributed by atoms with Crippen molar-refractivity contribution in [3.8, 4) is 22.8 Å². The van der Waals surface area contributed by atoms with Crippen molar-refractivity contribution in [2.45, 2.75) is 0 Å². The number of fused-ring (bicyclic) bond motifs is 2. The minimum Gasteiger partial charge on any atom is -0.451 e. The Morgan fingerprint density at radius 3 is 2.48 bits per heavy atom. The molecule has 0 unspecified atom stereocenters. The number of hydrogen-bond donors (Lipinski definition) is 0. The molecule has 4 heteroatoms. The van der Waals surface area contributed by atoms with Crippen LogP contribution in [0.15, 0.2) is 81.6 Å². The summed E-state index contributed by atoms with van der Waals surface area (Å²) >= 11 is 0. The van der Waals surface area contributed by atoms with Crippen LogP contribution in [0.25, 0.3) is 44.8 Å². The molecule has 0 atom stereocenters. The van der Waals surface area contributed by atoms with Gasteiger partial charge in [0.15, 0.2) is 11.3 Å². The van der Waals surface area contributed by atoms with Crippen molar-refractivity contribution in [1.29, 1.82) is 0 Å². The third kappa shape index (κ3) is 2.31. The molecule has 3 nitrogen and oxygen atoms in total. The Balaban J connectivity index is 1.63. The average Bonchev–Trinajstić information content (AvgIpc) is 3.25. The minimum atomic E-state index is -0.265. The van der Waals surface area contributed by atoms with E-state index in [-0.39, 0.29) is 5.82 Å². The van der Waals surface area contributed by atoms with Gasteiger partial charge in [-0.05, 0) is 35.9 Å². The summed E-state index contributed by atoms with van der Waals surface area (Å²) in [7, 11) is 0. The van der Waals surface area contributed by atoms with Crippen LogP contribution in [0.4, 0.5) is 4.39 Å². The third-order valence-electron chi connectivity index (χ3n) is 4.21. The Morgan fingerprint density at radius 2 is 1.60 bits per heavy atom. The zero-order valence-electron chi connectivity index (χ0n) is 13.1. The van der Waals surface area contributed by atoms with Crippen LogP contribution < -0.4 is 0 Å². The van der Waals surface area contributed by atoms with Crippen molar-refractivity contribution in [3.05, 3.63) is 78.6 Å². The first-order chi connectivity index (χ1) is 12.3. The zero-order valence-corrected chi connectivity index (χ0v) is 13.1. The molecule has 0 fully saturated rings. The Morgan fingerprint density at radius 1 is 0.760 bits per heavy atom. The molecule has 0 saturated carbocycles. The van der Waals surface area contributed by atoms with Crippen molar-refractivity contribution in [2.24, 2.45) is 0 Å². The normalized spacial score (nSPS) is 11.4. The van der Waals surface area contributed by atoms with E-state index in [0.717, 1.165) is 16.5 Å². The van der Waals surface area contributed by atoms with E-state index in [0.29, 0.717) is 28.3 Å². The topological polar surface area (TPSA) is 39.2 Å². The smallest absolute Gasteiger partial charge is 0.263 e. The van der Waals surface area contributed by atoms with Crippen LogP contribution in [0.3, 0.4) is 0 Å². The number of para-hydroxylation sites is 1. The summed E-state index contributed by atoms with van der Waals surface area (Å²) in [6, 6.07) is 21.8. The summed E-state index contributed by atoms with van der Waals surface area (Å²) in [6.07, 6.45) is 0. The largest absolute Gasteiger partial charge is 0.451 e. The van der Waals surface area contributed by atoms with Gasteiger partial charge in [-0.3, -0.25) is 0 Å². The van der Waals surface area contributed by atoms with Gasteiger partial charge >= 0.3 is 0 Å². The SMILES string of the molecule is Fc1ccccc1-c1ccc2nc(-c3cc4ccccc4o3)oc2c1. The van der Waals surface area contributed by atoms with Crippen LogP contribution in [-0.4, -0.2) is 4.98 Å². The molecule has 120 valence electrons. The molecule has 5 rings (SSSR count). The fourth-order valence-electron chi connectivity index (χ4n) is 2.98. The van der Waals surface area contributed by atoms with E-state index in [9.17, 15) is 4.39 Å². The Labute approximate surface area is 142 Å². The van der Waals surface area contributed by atoms with Crippen LogP contribution in [0.2, 0.25) is 0 Å². The lowest BCUT2D eigenvalue weighted by atomic mass is 10.1. The lowest BCUT2D eigenvalue weighted by Gasteiger charge is -2.02. The maximum absolute atomic E-state index is 14.0. The van der Waals surface area contributed by atoms with Gasteiger partial charge in [-0.15, -0.1) is 0 Å². The second kappa shape index (κ2) is 5.31. The standard InChI is InChI=1S/C21H12FNO2/c22-16-7-3-2-6-15(16)13-9-10-17-19(11-13)25-21(23-17)20-12-14-5-1-4-8-18(14)24-20/h1-12H. The van der Waals surface area contributed by atoms with Crippen LogP contribution >= 0.6 is 0 Å². The first-order valence-corrected chi connectivity index (χ1v) is 7.92. The van der Waals surface area contributed by atoms with Crippen molar-refractivity contribution >= 4 is 22.1 Å². The highest BCUT2D eigenvalue weighted by molar-refractivity contribution is 5.84. The van der Waals surface area contributed by atoms with Crippen molar-refractivity contribution in [2.75, 3.05) is 0 Å². The predicted molar refractivity (Wildman–Crippen MR) is 94.6 cm³/mol. The molecule has 0 radical (unpaired) electrons. The maximum Gasteiger partial charge on any atom is 0.263 e. The Hall–Kier alpha value is -3.40. The highest BCUT2D eigenvalue weighted by Gasteiger charge is 2.14. The molecular formula is C21H12FNO2. The van der Waals surface area contributed by atoms with E-state index in [1.165, 1.54) is 6.07 Å². The molecule has 0 N–H and O–H groups in total. The molecule has 0 aliphatic carbocycles.